The van der Waals surface area contributed by atoms with Crippen LogP contribution in [0.5, 0.6) is 0 Å². The van der Waals surface area contributed by atoms with Crippen molar-refractivity contribution in [3.63, 3.8) is 0 Å². The predicted octanol–water partition coefficient (Wildman–Crippen LogP) is 3.17. The summed E-state index contributed by atoms with van der Waals surface area (Å²) in [5, 5.41) is 10.9. The van der Waals surface area contributed by atoms with Gasteiger partial charge in [-0.25, -0.2) is 0 Å². The molecule has 0 radical (unpaired) electrons. The van der Waals surface area contributed by atoms with Gasteiger partial charge >= 0.3 is 0 Å². The molecule has 14 heavy (non-hydrogen) atoms. The molecule has 2 nitrogen and oxygen atoms in total. The molecule has 4 heteroatoms. The first-order valence-corrected chi connectivity index (χ1v) is 5.65. The van der Waals surface area contributed by atoms with E-state index >= 15 is 0 Å². The monoisotopic (exact) mass is 218 g/mol. The Morgan fingerprint density at radius 3 is 3.07 bits per heavy atom. The minimum absolute atomic E-state index is 0.679. The zero-order valence-corrected chi connectivity index (χ0v) is 8.81. The van der Waals surface area contributed by atoms with E-state index in [2.05, 4.69) is 11.1 Å². The molecule has 0 aliphatic carbocycles. The Kier molecular flexibility index (Phi) is 2.82. The van der Waals surface area contributed by atoms with Crippen LogP contribution >= 0.6 is 23.1 Å². The topological polar surface area (TPSA) is 36.7 Å². The SMILES string of the molecule is N#Cc1ccncc1Sc1cccs1. The summed E-state index contributed by atoms with van der Waals surface area (Å²) in [6.45, 7) is 0. The number of rotatable bonds is 2. The van der Waals surface area contributed by atoms with Crippen LogP contribution in [0.3, 0.4) is 0 Å². The highest BCUT2D eigenvalue weighted by molar-refractivity contribution is 8.01. The van der Waals surface area contributed by atoms with Gasteiger partial charge in [0.25, 0.3) is 0 Å². The molecule has 0 aliphatic rings. The molecular formula is C10H6N2S2. The van der Waals surface area contributed by atoms with Gasteiger partial charge in [0.15, 0.2) is 0 Å². The smallest absolute Gasteiger partial charge is 0.100 e. The molecule has 2 aromatic heterocycles. The molecule has 2 aromatic rings. The first-order chi connectivity index (χ1) is 6.90. The third-order valence-electron chi connectivity index (χ3n) is 1.61. The number of nitriles is 1. The Labute approximate surface area is 90.2 Å². The van der Waals surface area contributed by atoms with E-state index in [4.69, 9.17) is 5.26 Å². The fraction of sp³-hybridized carbons (Fsp3) is 0. The second-order valence-electron chi connectivity index (χ2n) is 2.52. The summed E-state index contributed by atoms with van der Waals surface area (Å²) < 4.78 is 1.18. The van der Waals surface area contributed by atoms with Gasteiger partial charge in [-0.3, -0.25) is 4.98 Å². The summed E-state index contributed by atoms with van der Waals surface area (Å²) in [6, 6.07) is 7.91. The van der Waals surface area contributed by atoms with E-state index in [0.29, 0.717) is 5.56 Å². The van der Waals surface area contributed by atoms with Crippen LogP contribution in [0.4, 0.5) is 0 Å². The summed E-state index contributed by atoms with van der Waals surface area (Å²) >= 11 is 3.24. The molecule has 0 fully saturated rings. The summed E-state index contributed by atoms with van der Waals surface area (Å²) in [7, 11) is 0. The average Bonchev–Trinajstić information content (AvgIpc) is 2.71. The van der Waals surface area contributed by atoms with Crippen molar-refractivity contribution < 1.29 is 0 Å². The summed E-state index contributed by atoms with van der Waals surface area (Å²) in [5.41, 5.74) is 0.679. The molecule has 2 rings (SSSR count). The lowest BCUT2D eigenvalue weighted by Crippen LogP contribution is -1.81. The lowest BCUT2D eigenvalue weighted by atomic mass is 10.3. The molecule has 0 amide bonds. The average molecular weight is 218 g/mol. The summed E-state index contributed by atoms with van der Waals surface area (Å²) in [5.74, 6) is 0. The van der Waals surface area contributed by atoms with Crippen molar-refractivity contribution >= 4 is 23.1 Å². The first kappa shape index (κ1) is 9.25. The Balaban J connectivity index is 2.30. The molecule has 2 heterocycles. The zero-order chi connectivity index (χ0) is 9.80. The maximum atomic E-state index is 8.86. The van der Waals surface area contributed by atoms with Crippen molar-refractivity contribution in [1.29, 1.82) is 5.26 Å². The van der Waals surface area contributed by atoms with E-state index in [1.54, 1.807) is 41.6 Å². The Morgan fingerprint density at radius 2 is 2.36 bits per heavy atom. The standard InChI is InChI=1S/C10H6N2S2/c11-6-8-3-4-12-7-9(8)14-10-2-1-5-13-10/h1-5,7H. The van der Waals surface area contributed by atoms with E-state index < -0.39 is 0 Å². The van der Waals surface area contributed by atoms with E-state index in [1.165, 1.54) is 4.21 Å². The first-order valence-electron chi connectivity index (χ1n) is 3.95. The lowest BCUT2D eigenvalue weighted by molar-refractivity contribution is 1.21. The van der Waals surface area contributed by atoms with Crippen LogP contribution in [0.1, 0.15) is 5.56 Å². The molecule has 0 bridgehead atoms. The van der Waals surface area contributed by atoms with Gasteiger partial charge in [-0.05, 0) is 17.5 Å². The number of aromatic nitrogens is 1. The second kappa shape index (κ2) is 4.27. The van der Waals surface area contributed by atoms with Crippen LogP contribution < -0.4 is 0 Å². The minimum atomic E-state index is 0.679. The van der Waals surface area contributed by atoms with Crippen molar-refractivity contribution in [2.75, 3.05) is 0 Å². The van der Waals surface area contributed by atoms with Gasteiger partial charge in [-0.15, -0.1) is 11.3 Å². The third kappa shape index (κ3) is 1.95. The highest BCUT2D eigenvalue weighted by atomic mass is 32.2. The molecule has 0 aromatic carbocycles. The number of thiophene rings is 1. The number of hydrogen-bond acceptors (Lipinski definition) is 4. The van der Waals surface area contributed by atoms with Crippen molar-refractivity contribution in [3.05, 3.63) is 41.5 Å². The largest absolute Gasteiger partial charge is 0.263 e. The fourth-order valence-electron chi connectivity index (χ4n) is 0.984. The molecule has 0 saturated heterocycles. The summed E-state index contributed by atoms with van der Waals surface area (Å²) in [4.78, 5) is 4.92. The maximum Gasteiger partial charge on any atom is 0.100 e. The number of nitrogens with zero attached hydrogens (tertiary/aromatic N) is 2. The van der Waals surface area contributed by atoms with E-state index in [1.807, 2.05) is 17.5 Å². The predicted molar refractivity (Wildman–Crippen MR) is 57.4 cm³/mol. The van der Waals surface area contributed by atoms with Crippen LogP contribution in [-0.4, -0.2) is 4.98 Å². The van der Waals surface area contributed by atoms with Gasteiger partial charge in [-0.1, -0.05) is 17.8 Å². The maximum absolute atomic E-state index is 8.86. The molecule has 0 saturated carbocycles. The van der Waals surface area contributed by atoms with Gasteiger partial charge in [0.2, 0.25) is 0 Å². The fourth-order valence-corrected chi connectivity index (χ4v) is 2.76. The van der Waals surface area contributed by atoms with Crippen molar-refractivity contribution in [2.24, 2.45) is 0 Å². The van der Waals surface area contributed by atoms with Crippen molar-refractivity contribution in [2.45, 2.75) is 9.10 Å². The Hall–Kier alpha value is -1.31. The second-order valence-corrected chi connectivity index (χ2v) is 4.81. The van der Waals surface area contributed by atoms with Crippen LogP contribution in [-0.2, 0) is 0 Å². The highest BCUT2D eigenvalue weighted by Crippen LogP contribution is 2.32. The van der Waals surface area contributed by atoms with Crippen LogP contribution in [0.2, 0.25) is 0 Å². The molecule has 0 atom stereocenters. The van der Waals surface area contributed by atoms with Crippen LogP contribution in [0.25, 0.3) is 0 Å². The van der Waals surface area contributed by atoms with E-state index in [9.17, 15) is 0 Å². The molecule has 68 valence electrons. The normalized spacial score (nSPS) is 9.64. The van der Waals surface area contributed by atoms with E-state index in [0.717, 1.165) is 4.90 Å². The Morgan fingerprint density at radius 1 is 1.43 bits per heavy atom. The minimum Gasteiger partial charge on any atom is -0.263 e. The molecule has 0 N–H and O–H groups in total. The highest BCUT2D eigenvalue weighted by Gasteiger charge is 2.03. The number of pyridine rings is 1. The Bertz CT molecular complexity index is 457. The van der Waals surface area contributed by atoms with Crippen LogP contribution in [0, 0.1) is 11.3 Å². The van der Waals surface area contributed by atoms with Gasteiger partial charge in [0.1, 0.15) is 6.07 Å². The van der Waals surface area contributed by atoms with Crippen molar-refractivity contribution in [1.82, 2.24) is 4.98 Å². The number of hydrogen-bond donors (Lipinski definition) is 0. The molecule has 0 unspecified atom stereocenters. The summed E-state index contributed by atoms with van der Waals surface area (Å²) in [6.07, 6.45) is 3.36. The molecular weight excluding hydrogens is 212 g/mol. The lowest BCUT2D eigenvalue weighted by Gasteiger charge is -1.98. The van der Waals surface area contributed by atoms with Crippen LogP contribution in [0.15, 0.2) is 45.1 Å². The third-order valence-corrected chi connectivity index (χ3v) is 3.69. The zero-order valence-electron chi connectivity index (χ0n) is 7.18. The molecule has 0 spiro atoms. The van der Waals surface area contributed by atoms with Gasteiger partial charge in [0.05, 0.1) is 9.77 Å². The molecule has 0 aliphatic heterocycles. The van der Waals surface area contributed by atoms with E-state index in [-0.39, 0.29) is 0 Å². The van der Waals surface area contributed by atoms with Crippen molar-refractivity contribution in [3.8, 4) is 6.07 Å². The van der Waals surface area contributed by atoms with Gasteiger partial charge in [0, 0.05) is 17.3 Å². The van der Waals surface area contributed by atoms with Gasteiger partial charge < -0.3 is 0 Å². The quantitative estimate of drug-likeness (QED) is 0.776. The van der Waals surface area contributed by atoms with Gasteiger partial charge in [-0.2, -0.15) is 5.26 Å².